The number of fused-ring (bicyclic) bond motifs is 3. The van der Waals surface area contributed by atoms with Crippen LogP contribution in [0, 0.1) is 0 Å². The largest absolute Gasteiger partial charge is 0.497 e. The average molecular weight is 356 g/mol. The number of nitrogens with zero attached hydrogens (tertiary/aromatic N) is 1. The smallest absolute Gasteiger partial charge is 0.139 e. The molecule has 0 aliphatic carbocycles. The molecule has 0 saturated carbocycles. The quantitative estimate of drug-likeness (QED) is 0.423. The topological polar surface area (TPSA) is 37.9 Å². The summed E-state index contributed by atoms with van der Waals surface area (Å²) in [6.07, 6.45) is 1.97. The Morgan fingerprint density at radius 3 is 2.58 bits per heavy atom. The van der Waals surface area contributed by atoms with Crippen LogP contribution >= 0.6 is 11.3 Å². The Morgan fingerprint density at radius 2 is 1.81 bits per heavy atom. The second kappa shape index (κ2) is 6.00. The molecule has 0 aliphatic rings. The lowest BCUT2D eigenvalue weighted by Crippen LogP contribution is -1.89. The van der Waals surface area contributed by atoms with E-state index in [9.17, 15) is 0 Å². The van der Waals surface area contributed by atoms with Gasteiger partial charge in [0.15, 0.2) is 0 Å². The number of aromatic amines is 1. The van der Waals surface area contributed by atoms with E-state index >= 15 is 0 Å². The summed E-state index contributed by atoms with van der Waals surface area (Å²) >= 11 is 1.75. The number of aromatic nitrogens is 2. The summed E-state index contributed by atoms with van der Waals surface area (Å²) in [5.41, 5.74) is 5.53. The molecule has 0 spiro atoms. The van der Waals surface area contributed by atoms with Gasteiger partial charge < -0.3 is 9.72 Å². The highest BCUT2D eigenvalue weighted by Gasteiger charge is 2.17. The molecular formula is C22H16N2OS. The number of benzene rings is 2. The van der Waals surface area contributed by atoms with Crippen LogP contribution < -0.4 is 4.74 Å². The zero-order valence-electron chi connectivity index (χ0n) is 14.2. The van der Waals surface area contributed by atoms with E-state index in [1.807, 2.05) is 24.4 Å². The maximum Gasteiger partial charge on any atom is 0.139 e. The van der Waals surface area contributed by atoms with Gasteiger partial charge in [-0.25, -0.2) is 4.98 Å². The first-order chi connectivity index (χ1) is 12.8. The highest BCUT2D eigenvalue weighted by molar-refractivity contribution is 7.13. The van der Waals surface area contributed by atoms with Gasteiger partial charge in [-0.1, -0.05) is 36.4 Å². The van der Waals surface area contributed by atoms with Crippen LogP contribution in [0.5, 0.6) is 5.75 Å². The zero-order chi connectivity index (χ0) is 17.5. The molecular weight excluding hydrogens is 340 g/mol. The van der Waals surface area contributed by atoms with Crippen molar-refractivity contribution in [1.29, 1.82) is 0 Å². The van der Waals surface area contributed by atoms with Crippen LogP contribution in [0.15, 0.2) is 72.2 Å². The summed E-state index contributed by atoms with van der Waals surface area (Å²) in [5, 5.41) is 4.50. The molecule has 0 fully saturated rings. The summed E-state index contributed by atoms with van der Waals surface area (Å²) < 4.78 is 5.30. The van der Waals surface area contributed by atoms with Gasteiger partial charge >= 0.3 is 0 Å². The Kier molecular flexibility index (Phi) is 3.50. The van der Waals surface area contributed by atoms with Gasteiger partial charge in [-0.3, -0.25) is 0 Å². The van der Waals surface area contributed by atoms with Crippen LogP contribution in [0.2, 0.25) is 0 Å². The van der Waals surface area contributed by atoms with Crippen molar-refractivity contribution in [3.63, 3.8) is 0 Å². The molecule has 5 rings (SSSR count). The molecule has 0 radical (unpaired) electrons. The van der Waals surface area contributed by atoms with Crippen LogP contribution in [0.1, 0.15) is 0 Å². The number of methoxy groups -OCH3 is 1. The lowest BCUT2D eigenvalue weighted by Gasteiger charge is -2.11. The van der Waals surface area contributed by atoms with Crippen LogP contribution in [0.4, 0.5) is 0 Å². The Bertz CT molecular complexity index is 1200. The molecule has 3 heterocycles. The first-order valence-electron chi connectivity index (χ1n) is 8.43. The van der Waals surface area contributed by atoms with E-state index in [0.717, 1.165) is 28.0 Å². The molecule has 0 aliphatic heterocycles. The molecule has 4 heteroatoms. The summed E-state index contributed by atoms with van der Waals surface area (Å²) in [6.45, 7) is 0. The third-order valence-corrected chi connectivity index (χ3v) is 5.58. The molecule has 0 amide bonds. The average Bonchev–Trinajstić information content (AvgIpc) is 3.35. The fraction of sp³-hybridized carbons (Fsp3) is 0.0455. The van der Waals surface area contributed by atoms with Crippen molar-refractivity contribution >= 4 is 33.3 Å². The first-order valence-corrected chi connectivity index (χ1v) is 9.31. The Hall–Kier alpha value is -3.11. The van der Waals surface area contributed by atoms with E-state index in [4.69, 9.17) is 9.72 Å². The highest BCUT2D eigenvalue weighted by Crippen LogP contribution is 2.42. The fourth-order valence-electron chi connectivity index (χ4n) is 3.47. The molecule has 0 saturated heterocycles. The molecule has 0 unspecified atom stereocenters. The minimum atomic E-state index is 0.854. The summed E-state index contributed by atoms with van der Waals surface area (Å²) in [6, 6.07) is 20.8. The molecule has 0 atom stereocenters. The minimum Gasteiger partial charge on any atom is -0.497 e. The minimum absolute atomic E-state index is 0.854. The van der Waals surface area contributed by atoms with E-state index in [1.165, 1.54) is 21.2 Å². The predicted molar refractivity (Wildman–Crippen MR) is 109 cm³/mol. The van der Waals surface area contributed by atoms with E-state index < -0.39 is 0 Å². The van der Waals surface area contributed by atoms with Crippen molar-refractivity contribution in [2.45, 2.75) is 0 Å². The van der Waals surface area contributed by atoms with E-state index in [1.54, 1.807) is 18.4 Å². The van der Waals surface area contributed by atoms with E-state index in [0.29, 0.717) is 0 Å². The maximum atomic E-state index is 5.30. The SMILES string of the molecule is COc1ccc(-c2cnc3[nH]c4ccccc4c3c2-c2cccs2)cc1. The van der Waals surface area contributed by atoms with Gasteiger partial charge in [0, 0.05) is 38.5 Å². The third kappa shape index (κ3) is 2.30. The van der Waals surface area contributed by atoms with E-state index in [-0.39, 0.29) is 0 Å². The van der Waals surface area contributed by atoms with Crippen LogP contribution in [-0.4, -0.2) is 17.1 Å². The molecule has 126 valence electrons. The first kappa shape index (κ1) is 15.2. The van der Waals surface area contributed by atoms with Crippen LogP contribution in [0.25, 0.3) is 43.5 Å². The lowest BCUT2D eigenvalue weighted by atomic mass is 9.97. The maximum absolute atomic E-state index is 5.30. The Morgan fingerprint density at radius 1 is 0.962 bits per heavy atom. The molecule has 3 nitrogen and oxygen atoms in total. The lowest BCUT2D eigenvalue weighted by molar-refractivity contribution is 0.415. The zero-order valence-corrected chi connectivity index (χ0v) is 15.0. The van der Waals surface area contributed by atoms with Crippen LogP contribution in [-0.2, 0) is 0 Å². The molecule has 26 heavy (non-hydrogen) atoms. The number of ether oxygens (including phenoxy) is 1. The number of pyridine rings is 1. The second-order valence-corrected chi connectivity index (χ2v) is 7.09. The van der Waals surface area contributed by atoms with Crippen molar-refractivity contribution < 1.29 is 4.74 Å². The number of hydrogen-bond acceptors (Lipinski definition) is 3. The number of nitrogens with one attached hydrogen (secondary N) is 1. The normalized spacial score (nSPS) is 11.3. The Balaban J connectivity index is 1.88. The molecule has 0 bridgehead atoms. The van der Waals surface area contributed by atoms with Crippen molar-refractivity contribution in [3.8, 4) is 27.3 Å². The summed E-state index contributed by atoms with van der Waals surface area (Å²) in [5.74, 6) is 0.854. The molecule has 1 N–H and O–H groups in total. The highest BCUT2D eigenvalue weighted by atomic mass is 32.1. The number of para-hydroxylation sites is 1. The second-order valence-electron chi connectivity index (χ2n) is 6.15. The van der Waals surface area contributed by atoms with Gasteiger partial charge in [-0.15, -0.1) is 11.3 Å². The molecule has 3 aromatic heterocycles. The number of hydrogen-bond donors (Lipinski definition) is 1. The monoisotopic (exact) mass is 356 g/mol. The Labute approximate surface area is 154 Å². The standard InChI is InChI=1S/C22H16N2OS/c1-25-15-10-8-14(9-11-15)17-13-23-22-21(20(17)19-7-4-12-26-19)16-5-2-3-6-18(16)24-22/h2-13H,1H3,(H,23,24). The van der Waals surface area contributed by atoms with Crippen molar-refractivity contribution in [3.05, 3.63) is 72.2 Å². The van der Waals surface area contributed by atoms with Crippen LogP contribution in [0.3, 0.4) is 0 Å². The molecule has 5 aromatic rings. The predicted octanol–water partition coefficient (Wildman–Crippen LogP) is 6.12. The van der Waals surface area contributed by atoms with Gasteiger partial charge in [0.2, 0.25) is 0 Å². The van der Waals surface area contributed by atoms with E-state index in [2.05, 4.69) is 52.8 Å². The molecule has 2 aromatic carbocycles. The third-order valence-electron chi connectivity index (χ3n) is 4.70. The summed E-state index contributed by atoms with van der Waals surface area (Å²) in [4.78, 5) is 9.42. The number of H-pyrrole nitrogens is 1. The van der Waals surface area contributed by atoms with Gasteiger partial charge in [0.1, 0.15) is 11.4 Å². The number of rotatable bonds is 3. The fourth-order valence-corrected chi connectivity index (χ4v) is 4.26. The summed E-state index contributed by atoms with van der Waals surface area (Å²) in [7, 11) is 1.69. The van der Waals surface area contributed by atoms with Crippen molar-refractivity contribution in [2.75, 3.05) is 7.11 Å². The van der Waals surface area contributed by atoms with Crippen molar-refractivity contribution in [2.24, 2.45) is 0 Å². The van der Waals surface area contributed by atoms with Crippen molar-refractivity contribution in [1.82, 2.24) is 9.97 Å². The van der Waals surface area contributed by atoms with Gasteiger partial charge in [-0.05, 0) is 35.2 Å². The number of thiophene rings is 1. The van der Waals surface area contributed by atoms with Gasteiger partial charge in [-0.2, -0.15) is 0 Å². The van der Waals surface area contributed by atoms with Gasteiger partial charge in [0.25, 0.3) is 0 Å². The van der Waals surface area contributed by atoms with Gasteiger partial charge in [0.05, 0.1) is 7.11 Å².